The van der Waals surface area contributed by atoms with Crippen molar-refractivity contribution in [2.45, 2.75) is 19.9 Å². The van der Waals surface area contributed by atoms with Crippen molar-refractivity contribution in [3.05, 3.63) is 0 Å². The molecule has 2 rings (SSSR count). The first-order chi connectivity index (χ1) is 7.06. The lowest BCUT2D eigenvalue weighted by molar-refractivity contribution is 0.199. The van der Waals surface area contributed by atoms with E-state index in [1.165, 1.54) is 0 Å². The van der Waals surface area contributed by atoms with E-state index in [0.29, 0.717) is 11.8 Å². The predicted octanol–water partition coefficient (Wildman–Crippen LogP) is 0.598. The lowest BCUT2D eigenvalue weighted by atomic mass is 10.0. The van der Waals surface area contributed by atoms with Gasteiger partial charge in [-0.15, -0.1) is 0 Å². The minimum absolute atomic E-state index is 0.113. The van der Waals surface area contributed by atoms with Gasteiger partial charge >= 0.3 is 6.03 Å². The predicted molar refractivity (Wildman–Crippen MR) is 59.7 cm³/mol. The molecular formula is C11H21N3O. The van der Waals surface area contributed by atoms with Gasteiger partial charge in [0.05, 0.1) is 0 Å². The molecule has 2 heterocycles. The van der Waals surface area contributed by atoms with Crippen molar-refractivity contribution in [3.8, 4) is 0 Å². The smallest absolute Gasteiger partial charge is 0.317 e. The number of fused-ring (bicyclic) bond motifs is 1. The second-order valence-electron chi connectivity index (χ2n) is 5.25. The maximum Gasteiger partial charge on any atom is 0.317 e. The third-order valence-corrected chi connectivity index (χ3v) is 3.37. The summed E-state index contributed by atoms with van der Waals surface area (Å²) in [6.07, 6.45) is 0. The van der Waals surface area contributed by atoms with Crippen LogP contribution < -0.4 is 5.32 Å². The largest absolute Gasteiger partial charge is 0.336 e. The Hall–Kier alpha value is -0.770. The summed E-state index contributed by atoms with van der Waals surface area (Å²) in [5, 5.41) is 2.96. The van der Waals surface area contributed by atoms with Crippen LogP contribution in [-0.2, 0) is 0 Å². The lowest BCUT2D eigenvalue weighted by Crippen LogP contribution is -2.42. The van der Waals surface area contributed by atoms with E-state index in [4.69, 9.17) is 0 Å². The monoisotopic (exact) mass is 211 g/mol. The summed E-state index contributed by atoms with van der Waals surface area (Å²) < 4.78 is 0. The first-order valence-electron chi connectivity index (χ1n) is 5.80. The minimum Gasteiger partial charge on any atom is -0.336 e. The van der Waals surface area contributed by atoms with Crippen molar-refractivity contribution < 1.29 is 4.79 Å². The van der Waals surface area contributed by atoms with Crippen LogP contribution in [0.3, 0.4) is 0 Å². The maximum absolute atomic E-state index is 11.8. The number of amides is 2. The molecule has 0 aromatic heterocycles. The molecule has 0 aromatic carbocycles. The van der Waals surface area contributed by atoms with Crippen molar-refractivity contribution in [3.63, 3.8) is 0 Å². The lowest BCUT2D eigenvalue weighted by Gasteiger charge is -2.21. The molecule has 2 aliphatic heterocycles. The van der Waals surface area contributed by atoms with Crippen LogP contribution in [0, 0.1) is 11.8 Å². The Balaban J connectivity index is 1.86. The maximum atomic E-state index is 11.8. The molecule has 0 spiro atoms. The van der Waals surface area contributed by atoms with E-state index in [1.807, 2.05) is 18.7 Å². The molecule has 2 atom stereocenters. The van der Waals surface area contributed by atoms with Gasteiger partial charge in [-0.3, -0.25) is 0 Å². The number of likely N-dealkylation sites (tertiary alicyclic amines) is 2. The zero-order chi connectivity index (χ0) is 11.0. The summed E-state index contributed by atoms with van der Waals surface area (Å²) in [6, 6.07) is 0.350. The van der Waals surface area contributed by atoms with Gasteiger partial charge in [-0.05, 0) is 32.7 Å². The van der Waals surface area contributed by atoms with E-state index in [-0.39, 0.29) is 12.1 Å². The number of hydrogen-bond acceptors (Lipinski definition) is 2. The van der Waals surface area contributed by atoms with Crippen LogP contribution in [0.15, 0.2) is 0 Å². The fourth-order valence-electron chi connectivity index (χ4n) is 2.73. The Kier molecular flexibility index (Phi) is 2.87. The second-order valence-corrected chi connectivity index (χ2v) is 5.25. The van der Waals surface area contributed by atoms with E-state index in [2.05, 4.69) is 17.3 Å². The van der Waals surface area contributed by atoms with Gasteiger partial charge in [0.25, 0.3) is 0 Å². The standard InChI is InChI=1S/C11H21N3O/c1-8(2)12-11(15)14-6-9-4-13(3)5-10(9)7-14/h8-10H,4-7H2,1-3H3,(H,12,15). The van der Waals surface area contributed by atoms with Crippen molar-refractivity contribution in [2.24, 2.45) is 11.8 Å². The Morgan fingerprint density at radius 2 is 1.73 bits per heavy atom. The molecule has 0 saturated carbocycles. The van der Waals surface area contributed by atoms with Crippen LogP contribution in [0.4, 0.5) is 4.79 Å². The van der Waals surface area contributed by atoms with Crippen molar-refractivity contribution >= 4 is 6.03 Å². The summed E-state index contributed by atoms with van der Waals surface area (Å²) in [6.45, 7) is 8.18. The van der Waals surface area contributed by atoms with E-state index in [0.717, 1.165) is 26.2 Å². The van der Waals surface area contributed by atoms with Gasteiger partial charge in [-0.25, -0.2) is 4.79 Å². The molecule has 2 amide bonds. The molecule has 0 bridgehead atoms. The highest BCUT2D eigenvalue weighted by molar-refractivity contribution is 5.74. The van der Waals surface area contributed by atoms with E-state index in [9.17, 15) is 4.79 Å². The number of carbonyl (C=O) groups excluding carboxylic acids is 1. The zero-order valence-corrected chi connectivity index (χ0v) is 9.86. The van der Waals surface area contributed by atoms with Crippen LogP contribution in [0.1, 0.15) is 13.8 Å². The molecule has 2 unspecified atom stereocenters. The number of urea groups is 1. The highest BCUT2D eigenvalue weighted by Crippen LogP contribution is 2.29. The van der Waals surface area contributed by atoms with Gasteiger partial charge in [0.15, 0.2) is 0 Å². The molecule has 2 fully saturated rings. The van der Waals surface area contributed by atoms with Gasteiger partial charge in [-0.1, -0.05) is 0 Å². The molecule has 86 valence electrons. The highest BCUT2D eigenvalue weighted by atomic mass is 16.2. The average Bonchev–Trinajstić information content (AvgIpc) is 2.58. The van der Waals surface area contributed by atoms with Gasteiger partial charge in [-0.2, -0.15) is 0 Å². The fourth-order valence-corrected chi connectivity index (χ4v) is 2.73. The first-order valence-corrected chi connectivity index (χ1v) is 5.80. The van der Waals surface area contributed by atoms with Gasteiger partial charge in [0.1, 0.15) is 0 Å². The second kappa shape index (κ2) is 4.00. The summed E-state index contributed by atoms with van der Waals surface area (Å²) >= 11 is 0. The molecule has 0 aliphatic carbocycles. The number of rotatable bonds is 1. The molecule has 2 aliphatic rings. The SMILES string of the molecule is CC(C)NC(=O)N1CC2CN(C)CC2C1. The zero-order valence-electron chi connectivity index (χ0n) is 9.86. The summed E-state index contributed by atoms with van der Waals surface area (Å²) in [5.74, 6) is 1.40. The van der Waals surface area contributed by atoms with Crippen molar-refractivity contribution in [1.29, 1.82) is 0 Å². The third-order valence-electron chi connectivity index (χ3n) is 3.37. The molecule has 1 N–H and O–H groups in total. The number of nitrogens with one attached hydrogen (secondary N) is 1. The van der Waals surface area contributed by atoms with E-state index in [1.54, 1.807) is 0 Å². The molecule has 4 nitrogen and oxygen atoms in total. The molecular weight excluding hydrogens is 190 g/mol. The Morgan fingerprint density at radius 1 is 1.20 bits per heavy atom. The van der Waals surface area contributed by atoms with Crippen LogP contribution >= 0.6 is 0 Å². The average molecular weight is 211 g/mol. The third kappa shape index (κ3) is 2.25. The minimum atomic E-state index is 0.113. The Morgan fingerprint density at radius 3 is 2.20 bits per heavy atom. The van der Waals surface area contributed by atoms with Crippen LogP contribution in [0.25, 0.3) is 0 Å². The van der Waals surface area contributed by atoms with Crippen molar-refractivity contribution in [1.82, 2.24) is 15.1 Å². The van der Waals surface area contributed by atoms with Crippen LogP contribution in [-0.4, -0.2) is 55.1 Å². The molecule has 4 heteroatoms. The summed E-state index contributed by atoms with van der Waals surface area (Å²) in [5.41, 5.74) is 0. The molecule has 0 radical (unpaired) electrons. The number of hydrogen-bond donors (Lipinski definition) is 1. The first kappa shape index (κ1) is 10.7. The number of nitrogens with zero attached hydrogens (tertiary/aromatic N) is 2. The highest BCUT2D eigenvalue weighted by Gasteiger charge is 2.40. The van der Waals surface area contributed by atoms with Crippen LogP contribution in [0.5, 0.6) is 0 Å². The quantitative estimate of drug-likeness (QED) is 0.689. The normalized spacial score (nSPS) is 31.1. The van der Waals surface area contributed by atoms with Crippen molar-refractivity contribution in [2.75, 3.05) is 33.2 Å². The van der Waals surface area contributed by atoms with Crippen LogP contribution in [0.2, 0.25) is 0 Å². The molecule has 15 heavy (non-hydrogen) atoms. The molecule has 0 aromatic rings. The Bertz CT molecular complexity index is 240. The fraction of sp³-hybridized carbons (Fsp3) is 0.909. The van der Waals surface area contributed by atoms with Gasteiger partial charge in [0, 0.05) is 32.2 Å². The van der Waals surface area contributed by atoms with E-state index >= 15 is 0 Å². The van der Waals surface area contributed by atoms with Gasteiger partial charge in [0.2, 0.25) is 0 Å². The molecule has 2 saturated heterocycles. The number of carbonyl (C=O) groups is 1. The topological polar surface area (TPSA) is 35.6 Å². The summed E-state index contributed by atoms with van der Waals surface area (Å²) in [7, 11) is 2.16. The van der Waals surface area contributed by atoms with E-state index < -0.39 is 0 Å². The van der Waals surface area contributed by atoms with Gasteiger partial charge < -0.3 is 15.1 Å². The summed E-state index contributed by atoms with van der Waals surface area (Å²) in [4.78, 5) is 16.1. The Labute approximate surface area is 91.6 Å².